The summed E-state index contributed by atoms with van der Waals surface area (Å²) in [5, 5.41) is 4.82. The average Bonchev–Trinajstić information content (AvgIpc) is 3.32. The number of rotatable bonds is 8. The third-order valence-corrected chi connectivity index (χ3v) is 6.13. The Labute approximate surface area is 215 Å². The Morgan fingerprint density at radius 3 is 2.57 bits per heavy atom. The molecular formula is C31H28N2O4. The van der Waals surface area contributed by atoms with Gasteiger partial charge >= 0.3 is 0 Å². The molecule has 0 spiro atoms. The Bertz CT molecular complexity index is 1590. The number of furan rings is 1. The van der Waals surface area contributed by atoms with Crippen molar-refractivity contribution in [3.05, 3.63) is 90.8 Å². The third kappa shape index (κ3) is 5.05. The molecule has 1 amide bonds. The molecule has 6 heteroatoms. The van der Waals surface area contributed by atoms with Crippen LogP contribution < -0.4 is 14.8 Å². The molecule has 37 heavy (non-hydrogen) atoms. The molecule has 2 aromatic heterocycles. The fraction of sp³-hybridized carbons (Fsp3) is 0.161. The Morgan fingerprint density at radius 2 is 1.78 bits per heavy atom. The van der Waals surface area contributed by atoms with Crippen LogP contribution in [0.1, 0.15) is 26.3 Å². The molecule has 5 rings (SSSR count). The van der Waals surface area contributed by atoms with Crippen LogP contribution in [0.15, 0.2) is 89.7 Å². The number of benzene rings is 3. The van der Waals surface area contributed by atoms with Gasteiger partial charge in [0.25, 0.3) is 0 Å². The number of hydrogen-bond acceptors (Lipinski definition) is 5. The maximum atomic E-state index is 13.0. The minimum Gasteiger partial charge on any atom is -0.494 e. The molecule has 0 fully saturated rings. The largest absolute Gasteiger partial charge is 0.494 e. The number of hydrogen-bond donors (Lipinski definition) is 1. The van der Waals surface area contributed by atoms with Gasteiger partial charge in [0.2, 0.25) is 5.91 Å². The van der Waals surface area contributed by atoms with Crippen molar-refractivity contribution in [2.24, 2.45) is 0 Å². The van der Waals surface area contributed by atoms with Crippen molar-refractivity contribution >= 4 is 39.0 Å². The van der Waals surface area contributed by atoms with Crippen LogP contribution in [0, 0.1) is 0 Å². The number of amides is 1. The zero-order valence-corrected chi connectivity index (χ0v) is 21.1. The summed E-state index contributed by atoms with van der Waals surface area (Å²) < 4.78 is 17.4. The second kappa shape index (κ2) is 10.6. The number of ether oxygens (including phenoxy) is 2. The van der Waals surface area contributed by atoms with Crippen molar-refractivity contribution in [2.75, 3.05) is 18.5 Å². The van der Waals surface area contributed by atoms with Crippen molar-refractivity contribution < 1.29 is 18.7 Å². The number of carbonyl (C=O) groups excluding carboxylic acids is 1. The van der Waals surface area contributed by atoms with E-state index in [2.05, 4.69) is 10.3 Å². The maximum Gasteiger partial charge on any atom is 0.248 e. The van der Waals surface area contributed by atoms with Crippen molar-refractivity contribution in [2.45, 2.75) is 20.8 Å². The van der Waals surface area contributed by atoms with Gasteiger partial charge in [0.15, 0.2) is 0 Å². The smallest absolute Gasteiger partial charge is 0.248 e. The zero-order valence-electron chi connectivity index (χ0n) is 21.1. The Kier molecular flexibility index (Phi) is 6.90. The number of aromatic nitrogens is 1. The number of fused-ring (bicyclic) bond motifs is 2. The fourth-order valence-corrected chi connectivity index (χ4v) is 4.41. The quantitative estimate of drug-likeness (QED) is 0.227. The lowest BCUT2D eigenvalue weighted by Gasteiger charge is -2.12. The minimum absolute atomic E-state index is 0.227. The van der Waals surface area contributed by atoms with Gasteiger partial charge in [-0.3, -0.25) is 9.78 Å². The third-order valence-electron chi connectivity index (χ3n) is 6.13. The summed E-state index contributed by atoms with van der Waals surface area (Å²) in [6.45, 7) is 6.91. The molecule has 0 saturated carbocycles. The molecular weight excluding hydrogens is 464 g/mol. The normalized spacial score (nSPS) is 11.6. The average molecular weight is 493 g/mol. The first-order chi connectivity index (χ1) is 18.1. The number of nitrogens with zero attached hydrogens (tertiary/aromatic N) is 1. The van der Waals surface area contributed by atoms with Crippen molar-refractivity contribution in [3.63, 3.8) is 0 Å². The van der Waals surface area contributed by atoms with E-state index < -0.39 is 0 Å². The molecule has 0 aliphatic rings. The summed E-state index contributed by atoms with van der Waals surface area (Å²) >= 11 is 0. The molecule has 0 bridgehead atoms. The highest BCUT2D eigenvalue weighted by atomic mass is 16.5. The molecule has 0 atom stereocenters. The molecule has 0 radical (unpaired) electrons. The first-order valence-corrected chi connectivity index (χ1v) is 12.3. The molecule has 0 saturated heterocycles. The molecule has 186 valence electrons. The summed E-state index contributed by atoms with van der Waals surface area (Å²) in [6, 6.07) is 21.3. The Hall–Kier alpha value is -4.58. The lowest BCUT2D eigenvalue weighted by atomic mass is 9.99. The van der Waals surface area contributed by atoms with E-state index >= 15 is 0 Å². The number of anilines is 1. The topological polar surface area (TPSA) is 73.6 Å². The lowest BCUT2D eigenvalue weighted by molar-refractivity contribution is -0.111. The summed E-state index contributed by atoms with van der Waals surface area (Å²) in [7, 11) is 0. The standard InChI is InChI=1S/C31H28N2O4/c1-4-35-22-13-11-21(12-14-22)26-19-37-30-18-29(36-5-2)24(17-25(26)30)20(3)16-31(34)33-28-10-6-9-27-23(28)8-7-15-32-27/h6-19H,4-5H2,1-3H3,(H,33,34)/b20-16+. The first-order valence-electron chi connectivity index (χ1n) is 12.3. The van der Waals surface area contributed by atoms with Crippen LogP contribution in [0.25, 0.3) is 38.6 Å². The minimum atomic E-state index is -0.227. The summed E-state index contributed by atoms with van der Waals surface area (Å²) in [5.74, 6) is 1.26. The highest BCUT2D eigenvalue weighted by Crippen LogP contribution is 2.38. The number of allylic oxidation sites excluding steroid dienone is 1. The molecule has 5 aromatic rings. The monoisotopic (exact) mass is 492 g/mol. The molecule has 0 aliphatic heterocycles. The fourth-order valence-electron chi connectivity index (χ4n) is 4.41. The van der Waals surface area contributed by atoms with E-state index in [1.165, 1.54) is 0 Å². The van der Waals surface area contributed by atoms with Crippen LogP contribution in [0.3, 0.4) is 0 Å². The van der Waals surface area contributed by atoms with Gasteiger partial charge in [-0.15, -0.1) is 0 Å². The highest BCUT2D eigenvalue weighted by Gasteiger charge is 2.16. The highest BCUT2D eigenvalue weighted by molar-refractivity contribution is 6.09. The number of nitrogens with one attached hydrogen (secondary N) is 1. The summed E-state index contributed by atoms with van der Waals surface area (Å²) in [6.07, 6.45) is 5.08. The van der Waals surface area contributed by atoms with Gasteiger partial charge in [0, 0.05) is 40.2 Å². The lowest BCUT2D eigenvalue weighted by Crippen LogP contribution is -2.09. The van der Waals surface area contributed by atoms with Gasteiger partial charge in [0.05, 0.1) is 30.7 Å². The predicted octanol–water partition coefficient (Wildman–Crippen LogP) is 7.49. The molecule has 0 aliphatic carbocycles. The predicted molar refractivity (Wildman–Crippen MR) is 148 cm³/mol. The molecule has 1 N–H and O–H groups in total. The number of carbonyl (C=O) groups is 1. The number of pyridine rings is 1. The van der Waals surface area contributed by atoms with E-state index in [4.69, 9.17) is 13.9 Å². The van der Waals surface area contributed by atoms with Gasteiger partial charge in [-0.2, -0.15) is 0 Å². The molecule has 3 aromatic carbocycles. The second-order valence-corrected chi connectivity index (χ2v) is 8.58. The molecule has 2 heterocycles. The van der Waals surface area contributed by atoms with Gasteiger partial charge in [-0.25, -0.2) is 0 Å². The van der Waals surface area contributed by atoms with Crippen LogP contribution in [-0.2, 0) is 4.79 Å². The Morgan fingerprint density at radius 1 is 0.973 bits per heavy atom. The molecule has 6 nitrogen and oxygen atoms in total. The van der Waals surface area contributed by atoms with Crippen molar-refractivity contribution in [1.29, 1.82) is 0 Å². The summed E-state index contributed by atoms with van der Waals surface area (Å²) in [5.41, 5.74) is 5.85. The van der Waals surface area contributed by atoms with Crippen LogP contribution in [-0.4, -0.2) is 24.1 Å². The van der Waals surface area contributed by atoms with E-state index in [-0.39, 0.29) is 5.91 Å². The van der Waals surface area contributed by atoms with Crippen LogP contribution in [0.4, 0.5) is 5.69 Å². The van der Waals surface area contributed by atoms with Crippen molar-refractivity contribution in [3.8, 4) is 22.6 Å². The van der Waals surface area contributed by atoms with Crippen LogP contribution in [0.5, 0.6) is 11.5 Å². The van der Waals surface area contributed by atoms with Gasteiger partial charge in [-0.05, 0) is 74.4 Å². The SMILES string of the molecule is CCOc1ccc(-c2coc3cc(OCC)c(/C(C)=C/C(=O)Nc4cccc5ncccc45)cc23)cc1. The first kappa shape index (κ1) is 24.1. The van der Waals surface area contributed by atoms with E-state index in [9.17, 15) is 4.79 Å². The van der Waals surface area contributed by atoms with Gasteiger partial charge in [-0.1, -0.05) is 18.2 Å². The zero-order chi connectivity index (χ0) is 25.8. The van der Waals surface area contributed by atoms with Crippen molar-refractivity contribution in [1.82, 2.24) is 4.98 Å². The van der Waals surface area contributed by atoms with Crippen LogP contribution in [0.2, 0.25) is 0 Å². The Balaban J connectivity index is 1.49. The van der Waals surface area contributed by atoms with E-state index in [1.807, 2.05) is 87.5 Å². The van der Waals surface area contributed by atoms with Crippen LogP contribution >= 0.6 is 0 Å². The molecule has 0 unspecified atom stereocenters. The van der Waals surface area contributed by atoms with E-state index in [0.717, 1.165) is 49.9 Å². The van der Waals surface area contributed by atoms with Gasteiger partial charge < -0.3 is 19.2 Å². The maximum absolute atomic E-state index is 13.0. The second-order valence-electron chi connectivity index (χ2n) is 8.58. The van der Waals surface area contributed by atoms with Gasteiger partial charge in [0.1, 0.15) is 17.1 Å². The summed E-state index contributed by atoms with van der Waals surface area (Å²) in [4.78, 5) is 17.4. The van der Waals surface area contributed by atoms with E-state index in [1.54, 1.807) is 18.5 Å². The van der Waals surface area contributed by atoms with E-state index in [0.29, 0.717) is 24.7 Å².